The molecule has 1 saturated heterocycles. The predicted molar refractivity (Wildman–Crippen MR) is 119 cm³/mol. The number of anilines is 1. The number of hydrogen-bond acceptors (Lipinski definition) is 6. The second kappa shape index (κ2) is 10.4. The molecular formula is C21H18F2N2O4S2. The Morgan fingerprint density at radius 3 is 2.68 bits per heavy atom. The molecule has 6 nitrogen and oxygen atoms in total. The molecule has 31 heavy (non-hydrogen) atoms. The molecule has 0 radical (unpaired) electrons. The molecule has 10 heteroatoms. The Morgan fingerprint density at radius 1 is 1.23 bits per heavy atom. The van der Waals surface area contributed by atoms with Crippen molar-refractivity contribution in [3.63, 3.8) is 0 Å². The van der Waals surface area contributed by atoms with Crippen molar-refractivity contribution < 1.29 is 28.2 Å². The van der Waals surface area contributed by atoms with Crippen molar-refractivity contribution in [3.05, 3.63) is 59.0 Å². The van der Waals surface area contributed by atoms with Crippen LogP contribution in [0, 0.1) is 0 Å². The van der Waals surface area contributed by atoms with E-state index in [1.165, 1.54) is 23.1 Å². The lowest BCUT2D eigenvalue weighted by Gasteiger charge is -2.14. The summed E-state index contributed by atoms with van der Waals surface area (Å²) < 4.78 is 30.0. The number of alkyl halides is 2. The number of ether oxygens (including phenoxy) is 1. The predicted octanol–water partition coefficient (Wildman–Crippen LogP) is 4.61. The topological polar surface area (TPSA) is 78.9 Å². The maximum Gasteiger partial charge on any atom is 0.387 e. The molecule has 1 heterocycles. The van der Waals surface area contributed by atoms with Crippen molar-refractivity contribution in [2.45, 2.75) is 19.5 Å². The van der Waals surface area contributed by atoms with E-state index in [4.69, 9.17) is 12.2 Å². The van der Waals surface area contributed by atoms with E-state index < -0.39 is 6.61 Å². The van der Waals surface area contributed by atoms with Crippen LogP contribution in [0.25, 0.3) is 6.08 Å². The third kappa shape index (κ3) is 6.02. The molecule has 0 aliphatic carbocycles. The van der Waals surface area contributed by atoms with Gasteiger partial charge < -0.3 is 15.2 Å². The van der Waals surface area contributed by atoms with E-state index in [0.717, 1.165) is 11.8 Å². The number of phenols is 1. The zero-order chi connectivity index (χ0) is 22.4. The molecule has 2 N–H and O–H groups in total. The number of nitrogens with one attached hydrogen (secondary N) is 1. The molecule has 2 aromatic carbocycles. The first-order valence-corrected chi connectivity index (χ1v) is 10.4. The first-order chi connectivity index (χ1) is 14.8. The van der Waals surface area contributed by atoms with Gasteiger partial charge in [0.2, 0.25) is 5.91 Å². The quantitative estimate of drug-likeness (QED) is 0.337. The summed E-state index contributed by atoms with van der Waals surface area (Å²) in [6, 6.07) is 12.5. The van der Waals surface area contributed by atoms with Gasteiger partial charge in [-0.2, -0.15) is 8.78 Å². The van der Waals surface area contributed by atoms with Crippen molar-refractivity contribution in [2.75, 3.05) is 11.9 Å². The van der Waals surface area contributed by atoms with Crippen LogP contribution in [0.1, 0.15) is 18.4 Å². The van der Waals surface area contributed by atoms with Gasteiger partial charge in [0.05, 0.1) is 10.6 Å². The number of thioether (sulfide) groups is 1. The van der Waals surface area contributed by atoms with Gasteiger partial charge >= 0.3 is 6.61 Å². The van der Waals surface area contributed by atoms with Gasteiger partial charge in [-0.25, -0.2) is 0 Å². The van der Waals surface area contributed by atoms with Crippen molar-refractivity contribution in [1.82, 2.24) is 4.90 Å². The standard InChI is InChI=1S/C21H18F2N2O4S2/c22-20(23)29-16-9-4-1-6-13(16)12-17-19(28)25(21(30)31-17)11-5-10-18(27)24-14-7-2-3-8-15(14)26/h1-4,6-9,12,20,26H,5,10-11H2,(H,24,27)/b17-12-. The lowest BCUT2D eigenvalue weighted by molar-refractivity contribution is -0.122. The number of para-hydroxylation sites is 3. The van der Waals surface area contributed by atoms with Gasteiger partial charge in [-0.15, -0.1) is 0 Å². The summed E-state index contributed by atoms with van der Waals surface area (Å²) in [7, 11) is 0. The van der Waals surface area contributed by atoms with Gasteiger partial charge in [0.25, 0.3) is 5.91 Å². The number of phenolic OH excluding ortho intramolecular Hbond substituents is 1. The normalized spacial score (nSPS) is 15.1. The highest BCUT2D eigenvalue weighted by Crippen LogP contribution is 2.34. The van der Waals surface area contributed by atoms with Gasteiger partial charge in [-0.1, -0.05) is 54.3 Å². The van der Waals surface area contributed by atoms with Crippen LogP contribution in [-0.2, 0) is 9.59 Å². The smallest absolute Gasteiger partial charge is 0.387 e. The summed E-state index contributed by atoms with van der Waals surface area (Å²) in [5, 5.41) is 12.3. The number of amides is 2. The maximum absolute atomic E-state index is 12.7. The molecule has 0 bridgehead atoms. The van der Waals surface area contributed by atoms with Crippen LogP contribution in [0.5, 0.6) is 11.5 Å². The first-order valence-electron chi connectivity index (χ1n) is 9.22. The Hall–Kier alpha value is -2.98. The molecular weight excluding hydrogens is 446 g/mol. The van der Waals surface area contributed by atoms with Crippen molar-refractivity contribution in [1.29, 1.82) is 0 Å². The van der Waals surface area contributed by atoms with Crippen molar-refractivity contribution in [2.24, 2.45) is 0 Å². The van der Waals surface area contributed by atoms with Gasteiger partial charge in [0.15, 0.2) is 0 Å². The zero-order valence-corrected chi connectivity index (χ0v) is 17.7. The molecule has 2 amide bonds. The van der Waals surface area contributed by atoms with Gasteiger partial charge in [0.1, 0.15) is 15.8 Å². The third-order valence-corrected chi connectivity index (χ3v) is 5.64. The van der Waals surface area contributed by atoms with E-state index in [0.29, 0.717) is 22.0 Å². The van der Waals surface area contributed by atoms with Gasteiger partial charge in [0, 0.05) is 18.5 Å². The number of hydrogen-bond donors (Lipinski definition) is 2. The van der Waals surface area contributed by atoms with Crippen LogP contribution in [0.4, 0.5) is 14.5 Å². The van der Waals surface area contributed by atoms with Crippen LogP contribution in [0.15, 0.2) is 53.4 Å². The van der Waals surface area contributed by atoms with Crippen LogP contribution < -0.4 is 10.1 Å². The summed E-state index contributed by atoms with van der Waals surface area (Å²) in [6.45, 7) is -2.75. The Morgan fingerprint density at radius 2 is 1.94 bits per heavy atom. The highest BCUT2D eigenvalue weighted by Gasteiger charge is 2.32. The SMILES string of the molecule is O=C(CCCN1C(=O)/C(=C/c2ccccc2OC(F)F)SC1=S)Nc1ccccc1O. The van der Waals surface area contributed by atoms with E-state index in [1.54, 1.807) is 36.4 Å². The fraction of sp³-hybridized carbons (Fsp3) is 0.190. The third-order valence-electron chi connectivity index (χ3n) is 4.26. The summed E-state index contributed by atoms with van der Waals surface area (Å²) in [6.07, 6.45) is 1.93. The molecule has 0 spiro atoms. The zero-order valence-electron chi connectivity index (χ0n) is 16.1. The first kappa shape index (κ1) is 22.7. The summed E-state index contributed by atoms with van der Waals surface area (Å²) in [4.78, 5) is 26.4. The van der Waals surface area contributed by atoms with E-state index in [9.17, 15) is 23.5 Å². The molecule has 1 fully saturated rings. The molecule has 2 aromatic rings. The number of halogens is 2. The largest absolute Gasteiger partial charge is 0.506 e. The maximum atomic E-state index is 12.7. The van der Waals surface area contributed by atoms with Gasteiger partial charge in [-0.3, -0.25) is 14.5 Å². The lowest BCUT2D eigenvalue weighted by atomic mass is 10.2. The van der Waals surface area contributed by atoms with Crippen LogP contribution in [0.2, 0.25) is 0 Å². The fourth-order valence-electron chi connectivity index (χ4n) is 2.83. The van der Waals surface area contributed by atoms with E-state index >= 15 is 0 Å². The molecule has 0 atom stereocenters. The number of carbonyl (C=O) groups excluding carboxylic acids is 2. The number of nitrogens with zero attached hydrogens (tertiary/aromatic N) is 1. The number of thiocarbonyl (C=S) groups is 1. The van der Waals surface area contributed by atoms with Crippen molar-refractivity contribution in [3.8, 4) is 11.5 Å². The summed E-state index contributed by atoms with van der Waals surface area (Å²) in [5.74, 6) is -0.735. The van der Waals surface area contributed by atoms with E-state index in [-0.39, 0.29) is 41.2 Å². The fourth-order valence-corrected chi connectivity index (χ4v) is 4.13. The summed E-state index contributed by atoms with van der Waals surface area (Å²) >= 11 is 6.32. The van der Waals surface area contributed by atoms with E-state index in [2.05, 4.69) is 10.1 Å². The second-order valence-electron chi connectivity index (χ2n) is 6.42. The Bertz CT molecular complexity index is 1030. The Kier molecular flexibility index (Phi) is 7.59. The molecule has 0 unspecified atom stereocenters. The minimum Gasteiger partial charge on any atom is -0.506 e. The average molecular weight is 465 g/mol. The Labute approximate surface area is 186 Å². The molecule has 1 aliphatic rings. The second-order valence-corrected chi connectivity index (χ2v) is 8.09. The minimum atomic E-state index is -2.98. The number of aromatic hydroxyl groups is 1. The minimum absolute atomic E-state index is 0.0333. The van der Waals surface area contributed by atoms with Crippen molar-refractivity contribution >= 4 is 51.9 Å². The number of rotatable bonds is 8. The molecule has 0 aromatic heterocycles. The van der Waals surface area contributed by atoms with Crippen LogP contribution in [0.3, 0.4) is 0 Å². The monoisotopic (exact) mass is 464 g/mol. The van der Waals surface area contributed by atoms with Gasteiger partial charge in [-0.05, 0) is 30.7 Å². The Balaban J connectivity index is 1.59. The lowest BCUT2D eigenvalue weighted by Crippen LogP contribution is -2.29. The van der Waals surface area contributed by atoms with E-state index in [1.807, 2.05) is 0 Å². The summed E-state index contributed by atoms with van der Waals surface area (Å²) in [5.41, 5.74) is 0.649. The highest BCUT2D eigenvalue weighted by molar-refractivity contribution is 8.26. The molecule has 0 saturated carbocycles. The number of benzene rings is 2. The van der Waals surface area contributed by atoms with Crippen LogP contribution in [-0.4, -0.2) is 39.3 Å². The molecule has 162 valence electrons. The van der Waals surface area contributed by atoms with Crippen LogP contribution >= 0.6 is 24.0 Å². The highest BCUT2D eigenvalue weighted by atomic mass is 32.2. The molecule has 3 rings (SSSR count). The number of carbonyl (C=O) groups is 2. The average Bonchev–Trinajstić information content (AvgIpc) is 2.98. The molecule has 1 aliphatic heterocycles.